The number of carbonyl (C=O) groups is 2. The number of halogens is 1. The third-order valence-corrected chi connectivity index (χ3v) is 8.53. The van der Waals surface area contributed by atoms with Crippen LogP contribution in [0.3, 0.4) is 0 Å². The van der Waals surface area contributed by atoms with E-state index in [0.29, 0.717) is 28.3 Å². The van der Waals surface area contributed by atoms with E-state index in [1.165, 1.54) is 17.0 Å². The van der Waals surface area contributed by atoms with Gasteiger partial charge in [0.15, 0.2) is 0 Å². The molecule has 7 nitrogen and oxygen atoms in total. The van der Waals surface area contributed by atoms with Crippen LogP contribution in [-0.4, -0.2) is 43.8 Å². The monoisotopic (exact) mass is 569 g/mol. The van der Waals surface area contributed by atoms with Crippen LogP contribution in [0.2, 0.25) is 5.02 Å². The summed E-state index contributed by atoms with van der Waals surface area (Å²) in [4.78, 5) is 28.8. The molecule has 0 aliphatic carbocycles. The standard InChI is InChI=1S/C30H36ClN3O4S/c1-6-27(30(36)32-21(2)3)33(19-24-12-8-9-13-26(24)31)29(35)20-34(28-14-10-7-11-23(28)5)39(37,38)25-17-15-22(4)16-18-25/h7-18,21,27H,6,19-20H2,1-5H3,(H,32,36). The van der Waals surface area contributed by atoms with Crippen LogP contribution < -0.4 is 9.62 Å². The average Bonchev–Trinajstić information content (AvgIpc) is 2.88. The number of benzene rings is 3. The topological polar surface area (TPSA) is 86.8 Å². The van der Waals surface area contributed by atoms with Gasteiger partial charge in [0.2, 0.25) is 11.8 Å². The predicted octanol–water partition coefficient (Wildman–Crippen LogP) is 5.48. The Labute approximate surface area is 236 Å². The van der Waals surface area contributed by atoms with Crippen LogP contribution in [-0.2, 0) is 26.2 Å². The number of carbonyl (C=O) groups excluding carboxylic acids is 2. The third-order valence-electron chi connectivity index (χ3n) is 6.39. The van der Waals surface area contributed by atoms with Crippen LogP contribution in [0.25, 0.3) is 0 Å². The van der Waals surface area contributed by atoms with Crippen LogP contribution in [0, 0.1) is 13.8 Å². The van der Waals surface area contributed by atoms with Crippen LogP contribution in [0.1, 0.15) is 43.9 Å². The van der Waals surface area contributed by atoms with Gasteiger partial charge in [-0.1, -0.05) is 72.6 Å². The van der Waals surface area contributed by atoms with Gasteiger partial charge in [-0.2, -0.15) is 0 Å². The summed E-state index contributed by atoms with van der Waals surface area (Å²) >= 11 is 6.43. The Morgan fingerprint density at radius 1 is 0.923 bits per heavy atom. The molecule has 3 aromatic rings. The van der Waals surface area contributed by atoms with Crippen LogP contribution in [0.5, 0.6) is 0 Å². The Bertz CT molecular complexity index is 1410. The highest BCUT2D eigenvalue weighted by atomic mass is 35.5. The molecule has 0 aromatic heterocycles. The summed E-state index contributed by atoms with van der Waals surface area (Å²) in [7, 11) is -4.12. The second kappa shape index (κ2) is 13.1. The van der Waals surface area contributed by atoms with E-state index in [-0.39, 0.29) is 23.4 Å². The number of rotatable bonds is 11. The summed E-state index contributed by atoms with van der Waals surface area (Å²) in [6.45, 7) is 8.74. The molecule has 0 radical (unpaired) electrons. The van der Waals surface area contributed by atoms with E-state index in [0.717, 1.165) is 9.87 Å². The first kappa shape index (κ1) is 30.2. The SMILES string of the molecule is CCC(C(=O)NC(C)C)N(Cc1ccccc1Cl)C(=O)CN(c1ccccc1C)S(=O)(=O)c1ccc(C)cc1. The molecule has 1 unspecified atom stereocenters. The van der Waals surface area contributed by atoms with E-state index in [1.807, 2.05) is 33.8 Å². The number of para-hydroxylation sites is 1. The van der Waals surface area contributed by atoms with Gasteiger partial charge in [0.05, 0.1) is 10.6 Å². The number of aryl methyl sites for hydroxylation is 2. The molecule has 3 aromatic carbocycles. The van der Waals surface area contributed by atoms with Gasteiger partial charge in [0, 0.05) is 17.6 Å². The van der Waals surface area contributed by atoms with E-state index >= 15 is 0 Å². The second-order valence-electron chi connectivity index (χ2n) is 9.81. The summed E-state index contributed by atoms with van der Waals surface area (Å²) in [5.41, 5.74) is 2.67. The van der Waals surface area contributed by atoms with Crippen LogP contribution >= 0.6 is 11.6 Å². The molecule has 208 valence electrons. The molecule has 0 spiro atoms. The number of sulfonamides is 1. The van der Waals surface area contributed by atoms with Crippen molar-refractivity contribution in [2.24, 2.45) is 0 Å². The summed E-state index contributed by atoms with van der Waals surface area (Å²) in [5.74, 6) is -0.823. The number of hydrogen-bond acceptors (Lipinski definition) is 4. The molecule has 1 N–H and O–H groups in total. The minimum absolute atomic E-state index is 0.0503. The van der Waals surface area contributed by atoms with E-state index in [1.54, 1.807) is 61.5 Å². The smallest absolute Gasteiger partial charge is 0.264 e. The molecule has 0 saturated heterocycles. The van der Waals surface area contributed by atoms with Crippen molar-refractivity contribution in [3.8, 4) is 0 Å². The van der Waals surface area contributed by atoms with E-state index in [4.69, 9.17) is 11.6 Å². The molecule has 0 heterocycles. The zero-order chi connectivity index (χ0) is 28.7. The number of anilines is 1. The van der Waals surface area contributed by atoms with E-state index < -0.39 is 28.5 Å². The molecule has 39 heavy (non-hydrogen) atoms. The van der Waals surface area contributed by atoms with E-state index in [2.05, 4.69) is 5.32 Å². The zero-order valence-electron chi connectivity index (χ0n) is 23.0. The first-order valence-corrected chi connectivity index (χ1v) is 14.8. The van der Waals surface area contributed by atoms with Gasteiger partial charge >= 0.3 is 0 Å². The van der Waals surface area contributed by atoms with Gasteiger partial charge in [-0.25, -0.2) is 8.42 Å². The van der Waals surface area contributed by atoms with Crippen LogP contribution in [0.4, 0.5) is 5.69 Å². The Hall–Kier alpha value is -3.36. The maximum absolute atomic E-state index is 14.1. The number of nitrogens with zero attached hydrogens (tertiary/aromatic N) is 2. The maximum Gasteiger partial charge on any atom is 0.264 e. The van der Waals surface area contributed by atoms with Gasteiger partial charge in [-0.05, 0) is 69.5 Å². The molecular weight excluding hydrogens is 534 g/mol. The van der Waals surface area contributed by atoms with Crippen molar-refractivity contribution >= 4 is 39.1 Å². The molecule has 0 aliphatic heterocycles. The summed E-state index contributed by atoms with van der Waals surface area (Å²) in [6.07, 6.45) is 0.337. The molecule has 2 amide bonds. The molecule has 0 bridgehead atoms. The fraction of sp³-hybridized carbons (Fsp3) is 0.333. The van der Waals surface area contributed by atoms with Gasteiger partial charge in [-0.3, -0.25) is 13.9 Å². The van der Waals surface area contributed by atoms with Crippen molar-refractivity contribution in [1.29, 1.82) is 0 Å². The Kier molecular flexibility index (Phi) is 10.2. The summed E-state index contributed by atoms with van der Waals surface area (Å²) in [6, 6.07) is 19.7. The third kappa shape index (κ3) is 7.40. The largest absolute Gasteiger partial charge is 0.352 e. The summed E-state index contributed by atoms with van der Waals surface area (Å²) in [5, 5.41) is 3.34. The first-order valence-electron chi connectivity index (χ1n) is 12.9. The number of amides is 2. The van der Waals surface area contributed by atoms with Crippen molar-refractivity contribution in [1.82, 2.24) is 10.2 Å². The fourth-order valence-electron chi connectivity index (χ4n) is 4.30. The van der Waals surface area contributed by atoms with Crippen LogP contribution in [0.15, 0.2) is 77.7 Å². The minimum atomic E-state index is -4.12. The zero-order valence-corrected chi connectivity index (χ0v) is 24.6. The lowest BCUT2D eigenvalue weighted by Crippen LogP contribution is -2.53. The summed E-state index contributed by atoms with van der Waals surface area (Å²) < 4.78 is 29.0. The van der Waals surface area contributed by atoms with Crippen molar-refractivity contribution in [2.45, 2.75) is 64.6 Å². The lowest BCUT2D eigenvalue weighted by molar-refractivity contribution is -0.140. The minimum Gasteiger partial charge on any atom is -0.352 e. The molecule has 0 saturated carbocycles. The predicted molar refractivity (Wildman–Crippen MR) is 156 cm³/mol. The van der Waals surface area contributed by atoms with Gasteiger partial charge < -0.3 is 10.2 Å². The first-order chi connectivity index (χ1) is 18.4. The molecular formula is C30H36ClN3O4S. The molecule has 1 atom stereocenters. The van der Waals surface area contributed by atoms with Crippen molar-refractivity contribution in [2.75, 3.05) is 10.8 Å². The molecule has 9 heteroatoms. The molecule has 0 fully saturated rings. The van der Waals surface area contributed by atoms with Crippen molar-refractivity contribution in [3.05, 3.63) is 94.5 Å². The normalized spacial score (nSPS) is 12.2. The second-order valence-corrected chi connectivity index (χ2v) is 12.1. The maximum atomic E-state index is 14.1. The van der Waals surface area contributed by atoms with Gasteiger partial charge in [0.1, 0.15) is 12.6 Å². The number of hydrogen-bond donors (Lipinski definition) is 1. The average molecular weight is 570 g/mol. The number of nitrogens with one attached hydrogen (secondary N) is 1. The molecule has 3 rings (SSSR count). The molecule has 0 aliphatic rings. The van der Waals surface area contributed by atoms with Gasteiger partial charge in [-0.15, -0.1) is 0 Å². The quantitative estimate of drug-likeness (QED) is 0.331. The highest BCUT2D eigenvalue weighted by molar-refractivity contribution is 7.92. The lowest BCUT2D eigenvalue weighted by Gasteiger charge is -2.34. The van der Waals surface area contributed by atoms with E-state index in [9.17, 15) is 18.0 Å². The van der Waals surface area contributed by atoms with Crippen molar-refractivity contribution in [3.63, 3.8) is 0 Å². The fourth-order valence-corrected chi connectivity index (χ4v) is 5.98. The lowest BCUT2D eigenvalue weighted by atomic mass is 10.1. The van der Waals surface area contributed by atoms with Gasteiger partial charge in [0.25, 0.3) is 10.0 Å². The highest BCUT2D eigenvalue weighted by Gasteiger charge is 2.34. The Morgan fingerprint density at radius 3 is 2.13 bits per heavy atom. The highest BCUT2D eigenvalue weighted by Crippen LogP contribution is 2.28. The Morgan fingerprint density at radius 2 is 1.54 bits per heavy atom. The Balaban J connectivity index is 2.09. The van der Waals surface area contributed by atoms with Crippen molar-refractivity contribution < 1.29 is 18.0 Å².